The Bertz CT molecular complexity index is 628. The smallest absolute Gasteiger partial charge is 0.124 e. The van der Waals surface area contributed by atoms with Crippen LogP contribution in [0, 0.1) is 0 Å². The first kappa shape index (κ1) is 14.6. The lowest BCUT2D eigenvalue weighted by atomic mass is 9.85. The first-order valence-corrected chi connectivity index (χ1v) is 8.13. The van der Waals surface area contributed by atoms with Crippen molar-refractivity contribution in [3.8, 4) is 5.75 Å². The zero-order valence-electron chi connectivity index (χ0n) is 12.2. The van der Waals surface area contributed by atoms with Crippen LogP contribution in [0.1, 0.15) is 36.9 Å². The monoisotopic (exact) mass is 345 g/mol. The van der Waals surface area contributed by atoms with Gasteiger partial charge in [-0.05, 0) is 43.5 Å². The molecule has 110 valence electrons. The van der Waals surface area contributed by atoms with Gasteiger partial charge in [0.15, 0.2) is 0 Å². The highest BCUT2D eigenvalue weighted by Crippen LogP contribution is 2.41. The van der Waals surface area contributed by atoms with Crippen molar-refractivity contribution < 1.29 is 4.74 Å². The summed E-state index contributed by atoms with van der Waals surface area (Å²) in [5, 5.41) is 0. The number of benzene rings is 2. The minimum Gasteiger partial charge on any atom is -0.487 e. The molecule has 0 bridgehead atoms. The van der Waals surface area contributed by atoms with Crippen LogP contribution in [0.5, 0.6) is 5.75 Å². The van der Waals surface area contributed by atoms with Gasteiger partial charge < -0.3 is 10.5 Å². The third-order valence-electron chi connectivity index (χ3n) is 4.16. The minimum absolute atomic E-state index is 0.0343. The van der Waals surface area contributed by atoms with Crippen molar-refractivity contribution in [2.24, 2.45) is 5.73 Å². The van der Waals surface area contributed by atoms with Gasteiger partial charge in [0.25, 0.3) is 0 Å². The van der Waals surface area contributed by atoms with E-state index in [1.807, 2.05) is 18.2 Å². The van der Waals surface area contributed by atoms with E-state index in [4.69, 9.17) is 10.5 Å². The van der Waals surface area contributed by atoms with Gasteiger partial charge in [0.05, 0.1) is 0 Å². The van der Waals surface area contributed by atoms with E-state index in [-0.39, 0.29) is 11.6 Å². The van der Waals surface area contributed by atoms with Crippen LogP contribution >= 0.6 is 15.9 Å². The van der Waals surface area contributed by atoms with E-state index in [1.165, 1.54) is 5.56 Å². The van der Waals surface area contributed by atoms with Crippen molar-refractivity contribution in [2.75, 3.05) is 0 Å². The highest BCUT2D eigenvalue weighted by Gasteiger charge is 2.35. The highest BCUT2D eigenvalue weighted by molar-refractivity contribution is 9.10. The van der Waals surface area contributed by atoms with Gasteiger partial charge in [0.1, 0.15) is 11.4 Å². The summed E-state index contributed by atoms with van der Waals surface area (Å²) in [6.07, 6.45) is 2.83. The molecule has 2 aromatic rings. The molecule has 21 heavy (non-hydrogen) atoms. The Kier molecular flexibility index (Phi) is 4.05. The second-order valence-electron chi connectivity index (χ2n) is 6.03. The molecule has 2 aromatic carbocycles. The molecule has 0 aromatic heterocycles. The maximum Gasteiger partial charge on any atom is 0.124 e. The quantitative estimate of drug-likeness (QED) is 0.880. The van der Waals surface area contributed by atoms with Gasteiger partial charge in [-0.3, -0.25) is 0 Å². The van der Waals surface area contributed by atoms with Crippen molar-refractivity contribution in [1.29, 1.82) is 0 Å². The molecule has 1 heterocycles. The summed E-state index contributed by atoms with van der Waals surface area (Å²) >= 11 is 3.50. The van der Waals surface area contributed by atoms with Crippen LogP contribution in [0.4, 0.5) is 0 Å². The van der Waals surface area contributed by atoms with Crippen LogP contribution < -0.4 is 10.5 Å². The molecule has 3 heteroatoms. The number of aryl methyl sites for hydroxylation is 1. The summed E-state index contributed by atoms with van der Waals surface area (Å²) in [5.74, 6) is 0.924. The molecule has 2 N–H and O–H groups in total. The van der Waals surface area contributed by atoms with E-state index < -0.39 is 0 Å². The fraction of sp³-hybridized carbons (Fsp3) is 0.333. The molecule has 2 nitrogen and oxygen atoms in total. The van der Waals surface area contributed by atoms with E-state index in [9.17, 15) is 0 Å². The van der Waals surface area contributed by atoms with Crippen molar-refractivity contribution in [3.05, 3.63) is 64.1 Å². The standard InChI is InChI=1S/C18H20BrNO/c1-18(10-9-13-5-3-2-4-6-13)12-16(20)15-11-14(19)7-8-17(15)21-18/h2-8,11,16H,9-10,12,20H2,1H3/t16-,18?/m1/s1. The molecule has 1 aliphatic rings. The van der Waals surface area contributed by atoms with Crippen LogP contribution in [-0.4, -0.2) is 5.60 Å². The van der Waals surface area contributed by atoms with Crippen LogP contribution in [-0.2, 0) is 6.42 Å². The molecule has 2 atom stereocenters. The molecule has 3 rings (SSSR count). The first-order valence-electron chi connectivity index (χ1n) is 7.34. The fourth-order valence-electron chi connectivity index (χ4n) is 2.99. The number of hydrogen-bond acceptors (Lipinski definition) is 2. The van der Waals surface area contributed by atoms with Crippen LogP contribution in [0.15, 0.2) is 53.0 Å². The second kappa shape index (κ2) is 5.82. The van der Waals surface area contributed by atoms with Gasteiger partial charge in [-0.2, -0.15) is 0 Å². The number of ether oxygens (including phenoxy) is 1. The zero-order chi connectivity index (χ0) is 14.9. The van der Waals surface area contributed by atoms with Crippen LogP contribution in [0.25, 0.3) is 0 Å². The van der Waals surface area contributed by atoms with Gasteiger partial charge in [-0.25, -0.2) is 0 Å². The number of hydrogen-bond donors (Lipinski definition) is 1. The third kappa shape index (κ3) is 3.30. The number of nitrogens with two attached hydrogens (primary N) is 1. The number of halogens is 1. The topological polar surface area (TPSA) is 35.2 Å². The lowest BCUT2D eigenvalue weighted by molar-refractivity contribution is 0.0458. The summed E-state index contributed by atoms with van der Waals surface area (Å²) in [5.41, 5.74) is 8.60. The van der Waals surface area contributed by atoms with E-state index in [0.717, 1.165) is 35.0 Å². The van der Waals surface area contributed by atoms with Gasteiger partial charge in [0, 0.05) is 22.5 Å². The largest absolute Gasteiger partial charge is 0.487 e. The van der Waals surface area contributed by atoms with E-state index in [1.54, 1.807) is 0 Å². The molecule has 0 spiro atoms. The average Bonchev–Trinajstić information content (AvgIpc) is 2.47. The maximum atomic E-state index is 6.36. The van der Waals surface area contributed by atoms with Crippen molar-refractivity contribution in [1.82, 2.24) is 0 Å². The molecule has 1 unspecified atom stereocenters. The summed E-state index contributed by atoms with van der Waals surface area (Å²) in [4.78, 5) is 0. The van der Waals surface area contributed by atoms with Gasteiger partial charge in [-0.15, -0.1) is 0 Å². The summed E-state index contributed by atoms with van der Waals surface area (Å²) in [7, 11) is 0. The zero-order valence-corrected chi connectivity index (χ0v) is 13.8. The lowest BCUT2D eigenvalue weighted by Gasteiger charge is -2.39. The number of rotatable bonds is 3. The van der Waals surface area contributed by atoms with Crippen molar-refractivity contribution >= 4 is 15.9 Å². The first-order chi connectivity index (χ1) is 10.1. The van der Waals surface area contributed by atoms with E-state index in [2.05, 4.69) is 53.2 Å². The summed E-state index contributed by atoms with van der Waals surface area (Å²) < 4.78 is 7.31. The minimum atomic E-state index is -0.198. The molecule has 0 saturated carbocycles. The molecular formula is C18H20BrNO. The molecule has 0 aliphatic carbocycles. The van der Waals surface area contributed by atoms with Crippen molar-refractivity contribution in [3.63, 3.8) is 0 Å². The molecule has 1 aliphatic heterocycles. The van der Waals surface area contributed by atoms with Gasteiger partial charge in [0.2, 0.25) is 0 Å². The average molecular weight is 346 g/mol. The second-order valence-corrected chi connectivity index (χ2v) is 6.95. The van der Waals surface area contributed by atoms with Gasteiger partial charge in [-0.1, -0.05) is 46.3 Å². The van der Waals surface area contributed by atoms with Crippen molar-refractivity contribution in [2.45, 2.75) is 37.8 Å². The molecular weight excluding hydrogens is 326 g/mol. The Balaban J connectivity index is 1.76. The Morgan fingerprint density at radius 1 is 1.24 bits per heavy atom. The predicted octanol–water partition coefficient (Wildman–Crippen LogP) is 4.62. The molecule has 0 amide bonds. The Labute approximate surface area is 134 Å². The summed E-state index contributed by atoms with van der Waals surface area (Å²) in [6, 6.07) is 16.7. The Morgan fingerprint density at radius 3 is 2.76 bits per heavy atom. The lowest BCUT2D eigenvalue weighted by Crippen LogP contribution is -2.40. The Hall–Kier alpha value is -1.32. The predicted molar refractivity (Wildman–Crippen MR) is 89.5 cm³/mol. The maximum absolute atomic E-state index is 6.36. The normalized spacial score (nSPS) is 24.2. The van der Waals surface area contributed by atoms with Crippen LogP contribution in [0.3, 0.4) is 0 Å². The molecule has 0 radical (unpaired) electrons. The molecule has 0 saturated heterocycles. The van der Waals surface area contributed by atoms with Crippen LogP contribution in [0.2, 0.25) is 0 Å². The SMILES string of the molecule is CC1(CCc2ccccc2)C[C@@H](N)c2cc(Br)ccc2O1. The van der Waals surface area contributed by atoms with Gasteiger partial charge >= 0.3 is 0 Å². The Morgan fingerprint density at radius 2 is 2.00 bits per heavy atom. The third-order valence-corrected chi connectivity index (χ3v) is 4.66. The van der Waals surface area contributed by atoms with E-state index in [0.29, 0.717) is 0 Å². The van der Waals surface area contributed by atoms with E-state index >= 15 is 0 Å². The number of fused-ring (bicyclic) bond motifs is 1. The molecule has 0 fully saturated rings. The fourth-order valence-corrected chi connectivity index (χ4v) is 3.37. The highest BCUT2D eigenvalue weighted by atomic mass is 79.9. The summed E-state index contributed by atoms with van der Waals surface area (Å²) in [6.45, 7) is 2.17.